The average Bonchev–Trinajstić information content (AvgIpc) is 2.80. The molecule has 1 heterocycles. The van der Waals surface area contributed by atoms with E-state index in [0.717, 1.165) is 11.3 Å². The molecule has 26 heavy (non-hydrogen) atoms. The molecule has 1 N–H and O–H groups in total. The van der Waals surface area contributed by atoms with Crippen LogP contribution >= 0.6 is 0 Å². The van der Waals surface area contributed by atoms with Crippen LogP contribution in [-0.2, 0) is 33.1 Å². The molecule has 0 aliphatic heterocycles. The predicted octanol–water partition coefficient (Wildman–Crippen LogP) is 2.10. The van der Waals surface area contributed by atoms with E-state index in [-0.39, 0.29) is 0 Å². The number of aromatic nitrogens is 2. The van der Waals surface area contributed by atoms with Crippen LogP contribution < -0.4 is 5.32 Å². The van der Waals surface area contributed by atoms with E-state index in [1.165, 1.54) is 6.92 Å². The minimum absolute atomic E-state index is 0.321. The highest BCUT2D eigenvalue weighted by Gasteiger charge is 2.21. The maximum Gasteiger partial charge on any atom is 0.338 e. The Bertz CT molecular complexity index is 860. The van der Waals surface area contributed by atoms with Gasteiger partial charge in [0.25, 0.3) is 5.91 Å². The summed E-state index contributed by atoms with van der Waals surface area (Å²) in [6.07, 6.45) is 0.630. The molecule has 8 heteroatoms. The second-order valence-electron chi connectivity index (χ2n) is 6.12. The number of aryl methyl sites for hydroxylation is 2. The van der Waals surface area contributed by atoms with Crippen LogP contribution in [0.25, 0.3) is 0 Å². The van der Waals surface area contributed by atoms with Gasteiger partial charge in [-0.25, -0.2) is 4.79 Å². The Hall–Kier alpha value is -2.48. The minimum Gasteiger partial charge on any atom is -0.449 e. The first-order chi connectivity index (χ1) is 12.2. The third-order valence-corrected chi connectivity index (χ3v) is 4.68. The highest BCUT2D eigenvalue weighted by molar-refractivity contribution is 7.83. The van der Waals surface area contributed by atoms with Crippen molar-refractivity contribution in [1.29, 1.82) is 0 Å². The van der Waals surface area contributed by atoms with Gasteiger partial charge in [-0.2, -0.15) is 5.10 Å². The van der Waals surface area contributed by atoms with Gasteiger partial charge < -0.3 is 10.1 Å². The van der Waals surface area contributed by atoms with E-state index in [0.29, 0.717) is 22.7 Å². The van der Waals surface area contributed by atoms with Gasteiger partial charge in [0.1, 0.15) is 0 Å². The largest absolute Gasteiger partial charge is 0.449 e. The molecule has 0 saturated heterocycles. The number of nitrogens with zero attached hydrogens (tertiary/aromatic N) is 2. The van der Waals surface area contributed by atoms with Crippen LogP contribution in [0, 0.1) is 13.8 Å². The SMILES string of the molecule is Cc1nn(C)c(C)c1NC(=O)[C@@H](C)OC(=O)c1cccc(C[S@@](C)=O)c1. The lowest BCUT2D eigenvalue weighted by atomic mass is 10.1. The summed E-state index contributed by atoms with van der Waals surface area (Å²) >= 11 is 0. The van der Waals surface area contributed by atoms with Gasteiger partial charge >= 0.3 is 5.97 Å². The second kappa shape index (κ2) is 8.27. The van der Waals surface area contributed by atoms with E-state index in [4.69, 9.17) is 4.74 Å². The number of anilines is 1. The molecule has 1 aromatic heterocycles. The second-order valence-corrected chi connectivity index (χ2v) is 7.56. The Balaban J connectivity index is 2.04. The summed E-state index contributed by atoms with van der Waals surface area (Å²) in [6.45, 7) is 5.15. The van der Waals surface area contributed by atoms with Crippen molar-refractivity contribution in [2.24, 2.45) is 7.05 Å². The van der Waals surface area contributed by atoms with Crippen molar-refractivity contribution < 1.29 is 18.5 Å². The molecule has 2 rings (SSSR count). The fourth-order valence-electron chi connectivity index (χ4n) is 2.48. The van der Waals surface area contributed by atoms with Crippen molar-refractivity contribution in [2.75, 3.05) is 11.6 Å². The number of rotatable bonds is 6. The molecule has 0 fully saturated rings. The first kappa shape index (κ1) is 19.8. The molecule has 1 amide bonds. The molecule has 0 spiro atoms. The zero-order valence-corrected chi connectivity index (χ0v) is 16.3. The van der Waals surface area contributed by atoms with Crippen molar-refractivity contribution in [1.82, 2.24) is 9.78 Å². The number of nitrogens with one attached hydrogen (secondary N) is 1. The molecule has 0 saturated carbocycles. The van der Waals surface area contributed by atoms with E-state index >= 15 is 0 Å². The van der Waals surface area contributed by atoms with E-state index in [1.807, 2.05) is 6.92 Å². The summed E-state index contributed by atoms with van der Waals surface area (Å²) in [4.78, 5) is 24.6. The van der Waals surface area contributed by atoms with Crippen LogP contribution in [0.1, 0.15) is 34.2 Å². The van der Waals surface area contributed by atoms with Crippen molar-refractivity contribution in [3.63, 3.8) is 0 Å². The van der Waals surface area contributed by atoms with Crippen LogP contribution in [-0.4, -0.2) is 38.2 Å². The van der Waals surface area contributed by atoms with Gasteiger partial charge in [0.05, 0.1) is 22.6 Å². The Morgan fingerprint density at radius 2 is 2.04 bits per heavy atom. The first-order valence-electron chi connectivity index (χ1n) is 8.10. The standard InChI is InChI=1S/C18H23N3O4S/c1-11-16(12(2)21(4)20-11)19-17(22)13(3)25-18(23)15-8-6-7-14(9-15)10-26(5)24/h6-9,13H,10H2,1-5H3,(H,19,22)/t13-,26-/m1/s1. The van der Waals surface area contributed by atoms with Gasteiger partial charge in [0.15, 0.2) is 6.10 Å². The van der Waals surface area contributed by atoms with Crippen LogP contribution in [0.4, 0.5) is 5.69 Å². The normalized spacial score (nSPS) is 13.1. The lowest BCUT2D eigenvalue weighted by molar-refractivity contribution is -0.123. The third kappa shape index (κ3) is 4.78. The Labute approximate surface area is 155 Å². The molecular formula is C18H23N3O4S. The Morgan fingerprint density at radius 3 is 2.62 bits per heavy atom. The Kier molecular flexibility index (Phi) is 6.31. The topological polar surface area (TPSA) is 90.3 Å². The molecule has 1 aromatic carbocycles. The number of amides is 1. The zero-order chi connectivity index (χ0) is 19.4. The predicted molar refractivity (Wildman–Crippen MR) is 100 cm³/mol. The van der Waals surface area contributed by atoms with Crippen molar-refractivity contribution in [3.8, 4) is 0 Å². The van der Waals surface area contributed by atoms with Crippen molar-refractivity contribution in [2.45, 2.75) is 32.6 Å². The van der Waals surface area contributed by atoms with Gasteiger partial charge in [0.2, 0.25) is 0 Å². The van der Waals surface area contributed by atoms with E-state index in [9.17, 15) is 13.8 Å². The number of ether oxygens (including phenoxy) is 1. The van der Waals surface area contributed by atoms with Crippen LogP contribution in [0.15, 0.2) is 24.3 Å². The number of benzene rings is 1. The molecule has 0 unspecified atom stereocenters. The number of carbonyl (C=O) groups excluding carboxylic acids is 2. The first-order valence-corrected chi connectivity index (χ1v) is 9.82. The lowest BCUT2D eigenvalue weighted by Gasteiger charge is -2.14. The highest BCUT2D eigenvalue weighted by atomic mass is 32.2. The van der Waals surface area contributed by atoms with E-state index in [2.05, 4.69) is 10.4 Å². The number of hydrogen-bond donors (Lipinski definition) is 1. The molecule has 7 nitrogen and oxygen atoms in total. The maximum absolute atomic E-state index is 12.3. The molecule has 2 aromatic rings. The molecule has 0 radical (unpaired) electrons. The van der Waals surface area contributed by atoms with Gasteiger partial charge in [-0.05, 0) is 38.5 Å². The molecule has 0 aliphatic carbocycles. The highest BCUT2D eigenvalue weighted by Crippen LogP contribution is 2.19. The fourth-order valence-corrected chi connectivity index (χ4v) is 3.13. The van der Waals surface area contributed by atoms with Crippen LogP contribution in [0.5, 0.6) is 0 Å². The van der Waals surface area contributed by atoms with Gasteiger partial charge in [-0.15, -0.1) is 0 Å². The van der Waals surface area contributed by atoms with Gasteiger partial charge in [-0.3, -0.25) is 13.7 Å². The third-order valence-electron chi connectivity index (χ3n) is 3.94. The summed E-state index contributed by atoms with van der Waals surface area (Å²) in [5.74, 6) is -0.670. The minimum atomic E-state index is -1.01. The zero-order valence-electron chi connectivity index (χ0n) is 15.5. The fraction of sp³-hybridized carbons (Fsp3) is 0.389. The monoisotopic (exact) mass is 377 g/mol. The summed E-state index contributed by atoms with van der Waals surface area (Å²) in [7, 11) is 0.784. The maximum atomic E-state index is 12.3. The van der Waals surface area contributed by atoms with E-state index in [1.54, 1.807) is 49.2 Å². The molecule has 140 valence electrons. The van der Waals surface area contributed by atoms with Crippen molar-refractivity contribution >= 4 is 28.4 Å². The summed E-state index contributed by atoms with van der Waals surface area (Å²) < 4.78 is 18.3. The summed E-state index contributed by atoms with van der Waals surface area (Å²) in [6, 6.07) is 6.72. The van der Waals surface area contributed by atoms with Crippen molar-refractivity contribution in [3.05, 3.63) is 46.8 Å². The number of esters is 1. The molecule has 2 atom stereocenters. The molecule has 0 aliphatic rings. The average molecular weight is 377 g/mol. The smallest absolute Gasteiger partial charge is 0.338 e. The van der Waals surface area contributed by atoms with Gasteiger partial charge in [-0.1, -0.05) is 12.1 Å². The summed E-state index contributed by atoms with van der Waals surface area (Å²) in [5.41, 5.74) is 3.22. The number of carbonyl (C=O) groups is 2. The lowest BCUT2D eigenvalue weighted by Crippen LogP contribution is -2.30. The number of hydrogen-bond acceptors (Lipinski definition) is 5. The molecular weight excluding hydrogens is 354 g/mol. The quantitative estimate of drug-likeness (QED) is 0.779. The van der Waals surface area contributed by atoms with E-state index < -0.39 is 28.8 Å². The van der Waals surface area contributed by atoms with Crippen LogP contribution in [0.2, 0.25) is 0 Å². The summed E-state index contributed by atoms with van der Waals surface area (Å²) in [5, 5.41) is 6.99. The van der Waals surface area contributed by atoms with Crippen LogP contribution in [0.3, 0.4) is 0 Å². The molecule has 0 bridgehead atoms. The van der Waals surface area contributed by atoms with Gasteiger partial charge in [0, 0.05) is 29.9 Å². The Morgan fingerprint density at radius 1 is 1.35 bits per heavy atom.